The van der Waals surface area contributed by atoms with Crippen molar-refractivity contribution in [3.8, 4) is 6.07 Å². The van der Waals surface area contributed by atoms with Crippen LogP contribution in [0, 0.1) is 16.7 Å². The highest BCUT2D eigenvalue weighted by Gasteiger charge is 2.47. The second kappa shape index (κ2) is 5.13. The van der Waals surface area contributed by atoms with E-state index in [9.17, 15) is 4.79 Å². The van der Waals surface area contributed by atoms with Crippen LogP contribution < -0.4 is 0 Å². The fourth-order valence-electron chi connectivity index (χ4n) is 1.61. The molecule has 0 spiro atoms. The van der Waals surface area contributed by atoms with Crippen LogP contribution in [-0.2, 0) is 9.53 Å². The number of amides is 1. The average molecular weight is 210 g/mol. The van der Waals surface area contributed by atoms with E-state index in [1.807, 2.05) is 0 Å². The number of ether oxygens (including phenoxy) is 1. The SMILES string of the molecule is CCCCCN(C)C(=O)C1(C#N)COC1. The van der Waals surface area contributed by atoms with Crippen LogP contribution >= 0.6 is 0 Å². The molecule has 0 atom stereocenters. The number of hydrogen-bond acceptors (Lipinski definition) is 3. The molecule has 1 saturated heterocycles. The van der Waals surface area contributed by atoms with Gasteiger partial charge in [0.2, 0.25) is 5.91 Å². The zero-order valence-electron chi connectivity index (χ0n) is 9.45. The van der Waals surface area contributed by atoms with Crippen molar-refractivity contribution < 1.29 is 9.53 Å². The molecule has 1 aliphatic heterocycles. The maximum atomic E-state index is 11.9. The summed E-state index contributed by atoms with van der Waals surface area (Å²) in [5.41, 5.74) is -0.888. The molecular weight excluding hydrogens is 192 g/mol. The van der Waals surface area contributed by atoms with E-state index < -0.39 is 5.41 Å². The summed E-state index contributed by atoms with van der Waals surface area (Å²) >= 11 is 0. The molecule has 15 heavy (non-hydrogen) atoms. The second-order valence-corrected chi connectivity index (χ2v) is 4.12. The van der Waals surface area contributed by atoms with E-state index in [0.717, 1.165) is 25.8 Å². The van der Waals surface area contributed by atoms with Crippen molar-refractivity contribution in [2.24, 2.45) is 5.41 Å². The minimum absolute atomic E-state index is 0.0904. The topological polar surface area (TPSA) is 53.3 Å². The number of carbonyl (C=O) groups is 1. The standard InChI is InChI=1S/C11H18N2O2/c1-3-4-5-6-13(2)10(14)11(7-12)8-15-9-11/h3-6,8-9H2,1-2H3. The summed E-state index contributed by atoms with van der Waals surface area (Å²) < 4.78 is 4.96. The minimum Gasteiger partial charge on any atom is -0.377 e. The van der Waals surface area contributed by atoms with Gasteiger partial charge < -0.3 is 9.64 Å². The quantitative estimate of drug-likeness (QED) is 0.640. The smallest absolute Gasteiger partial charge is 0.247 e. The molecule has 0 aliphatic carbocycles. The molecule has 0 aromatic heterocycles. The van der Waals surface area contributed by atoms with Gasteiger partial charge in [0.1, 0.15) is 0 Å². The third-order valence-electron chi connectivity index (χ3n) is 2.76. The average Bonchev–Trinajstić information content (AvgIpc) is 2.17. The van der Waals surface area contributed by atoms with Crippen molar-refractivity contribution in [3.05, 3.63) is 0 Å². The van der Waals surface area contributed by atoms with Crippen molar-refractivity contribution in [2.75, 3.05) is 26.8 Å². The van der Waals surface area contributed by atoms with Gasteiger partial charge in [-0.15, -0.1) is 0 Å². The van der Waals surface area contributed by atoms with Gasteiger partial charge in [-0.05, 0) is 6.42 Å². The van der Waals surface area contributed by atoms with E-state index in [0.29, 0.717) is 0 Å². The Labute approximate surface area is 90.8 Å². The monoisotopic (exact) mass is 210 g/mol. The molecule has 0 aromatic rings. The fourth-order valence-corrected chi connectivity index (χ4v) is 1.61. The van der Waals surface area contributed by atoms with Gasteiger partial charge in [-0.3, -0.25) is 4.79 Å². The van der Waals surface area contributed by atoms with E-state index in [1.165, 1.54) is 0 Å². The first-order valence-corrected chi connectivity index (χ1v) is 5.41. The predicted octanol–water partition coefficient (Wildman–Crippen LogP) is 1.18. The van der Waals surface area contributed by atoms with Crippen LogP contribution in [0.25, 0.3) is 0 Å². The summed E-state index contributed by atoms with van der Waals surface area (Å²) in [7, 11) is 1.76. The van der Waals surface area contributed by atoms with Gasteiger partial charge in [0.15, 0.2) is 5.41 Å². The maximum Gasteiger partial charge on any atom is 0.247 e. The summed E-state index contributed by atoms with van der Waals surface area (Å²) in [6, 6.07) is 2.07. The van der Waals surface area contributed by atoms with Crippen molar-refractivity contribution in [2.45, 2.75) is 26.2 Å². The van der Waals surface area contributed by atoms with Crippen LogP contribution in [0.1, 0.15) is 26.2 Å². The van der Waals surface area contributed by atoms with Gasteiger partial charge in [-0.2, -0.15) is 5.26 Å². The summed E-state index contributed by atoms with van der Waals surface area (Å²) in [5, 5.41) is 8.95. The zero-order chi connectivity index (χ0) is 11.3. The lowest BCUT2D eigenvalue weighted by Gasteiger charge is -2.36. The van der Waals surface area contributed by atoms with E-state index >= 15 is 0 Å². The van der Waals surface area contributed by atoms with E-state index in [1.54, 1.807) is 11.9 Å². The first-order chi connectivity index (χ1) is 7.16. The molecular formula is C11H18N2O2. The molecule has 0 radical (unpaired) electrons. The van der Waals surface area contributed by atoms with Crippen LogP contribution in [0.5, 0.6) is 0 Å². The normalized spacial score (nSPS) is 17.7. The maximum absolute atomic E-state index is 11.9. The Morgan fingerprint density at radius 3 is 2.60 bits per heavy atom. The Kier molecular flexibility index (Phi) is 4.10. The highest BCUT2D eigenvalue weighted by atomic mass is 16.5. The minimum atomic E-state index is -0.888. The van der Waals surface area contributed by atoms with Gasteiger partial charge in [0.25, 0.3) is 0 Å². The molecule has 1 aliphatic rings. The molecule has 1 heterocycles. The molecule has 0 unspecified atom stereocenters. The van der Waals surface area contributed by atoms with Crippen LogP contribution in [0.15, 0.2) is 0 Å². The van der Waals surface area contributed by atoms with Crippen LogP contribution in [0.2, 0.25) is 0 Å². The van der Waals surface area contributed by atoms with E-state index in [2.05, 4.69) is 13.0 Å². The summed E-state index contributed by atoms with van der Waals surface area (Å²) in [6.07, 6.45) is 3.25. The molecule has 4 nitrogen and oxygen atoms in total. The molecule has 0 N–H and O–H groups in total. The lowest BCUT2D eigenvalue weighted by atomic mass is 9.86. The van der Waals surface area contributed by atoms with Gasteiger partial charge >= 0.3 is 0 Å². The Morgan fingerprint density at radius 1 is 1.53 bits per heavy atom. The van der Waals surface area contributed by atoms with E-state index in [4.69, 9.17) is 10.00 Å². The first kappa shape index (κ1) is 12.0. The highest BCUT2D eigenvalue weighted by Crippen LogP contribution is 2.28. The molecule has 84 valence electrons. The molecule has 0 bridgehead atoms. The highest BCUT2D eigenvalue weighted by molar-refractivity contribution is 5.86. The molecule has 1 fully saturated rings. The van der Waals surface area contributed by atoms with Gasteiger partial charge in [0, 0.05) is 13.6 Å². The second-order valence-electron chi connectivity index (χ2n) is 4.12. The molecule has 1 amide bonds. The molecule has 0 aromatic carbocycles. The van der Waals surface area contributed by atoms with Crippen molar-refractivity contribution >= 4 is 5.91 Å². The number of nitriles is 1. The van der Waals surface area contributed by atoms with Crippen LogP contribution in [0.4, 0.5) is 0 Å². The number of nitrogens with zero attached hydrogens (tertiary/aromatic N) is 2. The fraction of sp³-hybridized carbons (Fsp3) is 0.818. The number of carbonyl (C=O) groups excluding carboxylic acids is 1. The van der Waals surface area contributed by atoms with Gasteiger partial charge in [0.05, 0.1) is 19.3 Å². The van der Waals surface area contributed by atoms with Crippen LogP contribution in [-0.4, -0.2) is 37.6 Å². The number of unbranched alkanes of at least 4 members (excludes halogenated alkanes) is 2. The molecule has 1 rings (SSSR count). The third kappa shape index (κ3) is 2.48. The van der Waals surface area contributed by atoms with Gasteiger partial charge in [-0.25, -0.2) is 0 Å². The lowest BCUT2D eigenvalue weighted by Crippen LogP contribution is -2.53. The Hall–Kier alpha value is -1.08. The first-order valence-electron chi connectivity index (χ1n) is 5.41. The van der Waals surface area contributed by atoms with Crippen molar-refractivity contribution in [3.63, 3.8) is 0 Å². The molecule has 0 saturated carbocycles. The van der Waals surface area contributed by atoms with Crippen molar-refractivity contribution in [1.29, 1.82) is 5.26 Å². The van der Waals surface area contributed by atoms with Crippen molar-refractivity contribution in [1.82, 2.24) is 4.90 Å². The summed E-state index contributed by atoms with van der Waals surface area (Å²) in [6.45, 7) is 3.36. The zero-order valence-corrected chi connectivity index (χ0v) is 9.45. The Morgan fingerprint density at radius 2 is 2.20 bits per heavy atom. The Bertz CT molecular complexity index is 266. The van der Waals surface area contributed by atoms with Gasteiger partial charge in [-0.1, -0.05) is 19.8 Å². The number of rotatable bonds is 5. The third-order valence-corrected chi connectivity index (χ3v) is 2.76. The molecule has 4 heteroatoms. The number of hydrogen-bond donors (Lipinski definition) is 0. The summed E-state index contributed by atoms with van der Waals surface area (Å²) in [4.78, 5) is 13.6. The lowest BCUT2D eigenvalue weighted by molar-refractivity contribution is -0.159. The predicted molar refractivity (Wildman–Crippen MR) is 56.0 cm³/mol. The largest absolute Gasteiger partial charge is 0.377 e. The Balaban J connectivity index is 2.42. The van der Waals surface area contributed by atoms with E-state index in [-0.39, 0.29) is 19.1 Å². The summed E-state index contributed by atoms with van der Waals surface area (Å²) in [5.74, 6) is -0.0904. The van der Waals surface area contributed by atoms with Crippen LogP contribution in [0.3, 0.4) is 0 Å².